The van der Waals surface area contributed by atoms with Crippen LogP contribution in [-0.4, -0.2) is 32.3 Å². The van der Waals surface area contributed by atoms with E-state index in [0.29, 0.717) is 13.2 Å². The summed E-state index contributed by atoms with van der Waals surface area (Å²) in [5.74, 6) is -0.365. The van der Waals surface area contributed by atoms with Gasteiger partial charge in [0.05, 0.1) is 20.3 Å². The smallest absolute Gasteiger partial charge is 0.323 e. The van der Waals surface area contributed by atoms with Gasteiger partial charge in [-0.3, -0.25) is 4.79 Å². The highest BCUT2D eigenvalue weighted by atomic mass is 16.5. The molecule has 4 nitrogen and oxygen atoms in total. The summed E-state index contributed by atoms with van der Waals surface area (Å²) in [6.07, 6.45) is 0. The van der Waals surface area contributed by atoms with Crippen molar-refractivity contribution in [1.29, 1.82) is 0 Å². The van der Waals surface area contributed by atoms with Gasteiger partial charge in [0.2, 0.25) is 0 Å². The number of rotatable bonds is 2. The van der Waals surface area contributed by atoms with Crippen molar-refractivity contribution in [2.45, 2.75) is 13.0 Å². The van der Waals surface area contributed by atoms with Crippen LogP contribution in [0.1, 0.15) is 6.92 Å². The fraction of sp³-hybridized carbons (Fsp3) is 0.857. The normalized spacial score (nSPS) is 23.5. The third-order valence-corrected chi connectivity index (χ3v) is 2.07. The molecule has 0 radical (unpaired) electrons. The molecular weight excluding hydrogens is 146 g/mol. The summed E-state index contributed by atoms with van der Waals surface area (Å²) in [7, 11) is 1.34. The van der Waals surface area contributed by atoms with E-state index >= 15 is 0 Å². The largest absolute Gasteiger partial charge is 0.468 e. The zero-order valence-corrected chi connectivity index (χ0v) is 6.79. The van der Waals surface area contributed by atoms with Crippen molar-refractivity contribution in [3.05, 3.63) is 0 Å². The summed E-state index contributed by atoms with van der Waals surface area (Å²) < 4.78 is 9.48. The lowest BCUT2D eigenvalue weighted by Crippen LogP contribution is -2.57. The molecular formula is C7H13NO3. The van der Waals surface area contributed by atoms with Gasteiger partial charge in [-0.15, -0.1) is 0 Å². The number of esters is 1. The van der Waals surface area contributed by atoms with Crippen molar-refractivity contribution >= 4 is 5.97 Å². The van der Waals surface area contributed by atoms with E-state index in [1.54, 1.807) is 0 Å². The van der Waals surface area contributed by atoms with E-state index in [1.165, 1.54) is 7.11 Å². The number of methoxy groups -OCH3 is 1. The molecule has 11 heavy (non-hydrogen) atoms. The maximum Gasteiger partial charge on any atom is 0.323 e. The third kappa shape index (κ3) is 1.36. The predicted octanol–water partition coefficient (Wildman–Crippen LogP) is -0.477. The Morgan fingerprint density at radius 2 is 2.27 bits per heavy atom. The van der Waals surface area contributed by atoms with Crippen LogP contribution in [0, 0.1) is 5.41 Å². The molecule has 1 fully saturated rings. The molecule has 0 aliphatic carbocycles. The van der Waals surface area contributed by atoms with E-state index in [0.717, 1.165) is 0 Å². The number of hydrogen-bond donors (Lipinski definition) is 1. The van der Waals surface area contributed by atoms with Crippen LogP contribution in [0.4, 0.5) is 0 Å². The molecule has 0 saturated carbocycles. The van der Waals surface area contributed by atoms with Crippen LogP contribution in [-0.2, 0) is 14.3 Å². The van der Waals surface area contributed by atoms with E-state index in [1.807, 2.05) is 6.92 Å². The molecule has 0 bridgehead atoms. The van der Waals surface area contributed by atoms with E-state index in [4.69, 9.17) is 10.5 Å². The van der Waals surface area contributed by atoms with Gasteiger partial charge >= 0.3 is 5.97 Å². The highest BCUT2D eigenvalue weighted by molar-refractivity contribution is 5.76. The standard InChI is InChI=1S/C7H13NO3/c1-7(3-11-4-7)5(8)6(9)10-2/h5H,3-4,8H2,1-2H3. The second-order valence-corrected chi connectivity index (χ2v) is 3.15. The van der Waals surface area contributed by atoms with Crippen molar-refractivity contribution in [2.24, 2.45) is 11.1 Å². The molecule has 0 aromatic carbocycles. The Labute approximate surface area is 65.7 Å². The Morgan fingerprint density at radius 3 is 2.55 bits per heavy atom. The summed E-state index contributed by atoms with van der Waals surface area (Å²) in [5.41, 5.74) is 5.40. The zero-order chi connectivity index (χ0) is 8.48. The van der Waals surface area contributed by atoms with Crippen LogP contribution >= 0.6 is 0 Å². The molecule has 1 rings (SSSR count). The molecule has 1 aliphatic heterocycles. The lowest BCUT2D eigenvalue weighted by molar-refractivity contribution is -0.161. The van der Waals surface area contributed by atoms with Gasteiger partial charge in [0.15, 0.2) is 0 Å². The molecule has 0 aromatic heterocycles. The number of nitrogens with two attached hydrogens (primary N) is 1. The van der Waals surface area contributed by atoms with Crippen LogP contribution in [0.5, 0.6) is 0 Å². The fourth-order valence-electron chi connectivity index (χ4n) is 1.02. The molecule has 1 atom stereocenters. The second kappa shape index (κ2) is 2.79. The lowest BCUT2D eigenvalue weighted by atomic mass is 9.81. The van der Waals surface area contributed by atoms with Crippen molar-refractivity contribution in [3.63, 3.8) is 0 Å². The van der Waals surface area contributed by atoms with Gasteiger partial charge in [0.25, 0.3) is 0 Å². The van der Waals surface area contributed by atoms with Crippen LogP contribution in [0.3, 0.4) is 0 Å². The molecule has 4 heteroatoms. The molecule has 0 aromatic rings. The Morgan fingerprint density at radius 1 is 1.73 bits per heavy atom. The van der Waals surface area contributed by atoms with Crippen molar-refractivity contribution in [3.8, 4) is 0 Å². The van der Waals surface area contributed by atoms with Crippen LogP contribution < -0.4 is 5.73 Å². The summed E-state index contributed by atoms with van der Waals surface area (Å²) in [5, 5.41) is 0. The molecule has 1 saturated heterocycles. The quantitative estimate of drug-likeness (QED) is 0.553. The summed E-state index contributed by atoms with van der Waals surface area (Å²) >= 11 is 0. The molecule has 64 valence electrons. The van der Waals surface area contributed by atoms with Crippen molar-refractivity contribution in [1.82, 2.24) is 0 Å². The average Bonchev–Trinajstić information content (AvgIpc) is 1.97. The molecule has 1 heterocycles. The van der Waals surface area contributed by atoms with Crippen LogP contribution in [0.2, 0.25) is 0 Å². The van der Waals surface area contributed by atoms with Gasteiger partial charge in [-0.05, 0) is 0 Å². The minimum Gasteiger partial charge on any atom is -0.468 e. The van der Waals surface area contributed by atoms with Gasteiger partial charge < -0.3 is 15.2 Å². The van der Waals surface area contributed by atoms with Crippen molar-refractivity contribution in [2.75, 3.05) is 20.3 Å². The van der Waals surface area contributed by atoms with E-state index in [9.17, 15) is 4.79 Å². The van der Waals surface area contributed by atoms with Gasteiger partial charge in [-0.1, -0.05) is 6.92 Å². The molecule has 1 unspecified atom stereocenters. The summed E-state index contributed by atoms with van der Waals surface area (Å²) in [4.78, 5) is 10.9. The zero-order valence-electron chi connectivity index (χ0n) is 6.79. The predicted molar refractivity (Wildman–Crippen MR) is 38.9 cm³/mol. The number of carbonyl (C=O) groups is 1. The Bertz CT molecular complexity index is 165. The summed E-state index contributed by atoms with van der Waals surface area (Å²) in [6, 6.07) is -0.554. The monoisotopic (exact) mass is 159 g/mol. The minimum atomic E-state index is -0.554. The van der Waals surface area contributed by atoms with Crippen LogP contribution in [0.15, 0.2) is 0 Å². The number of carbonyl (C=O) groups excluding carboxylic acids is 1. The average molecular weight is 159 g/mol. The number of ether oxygens (including phenoxy) is 2. The maximum atomic E-state index is 10.9. The highest BCUT2D eigenvalue weighted by Crippen LogP contribution is 2.29. The Kier molecular flexibility index (Phi) is 2.15. The van der Waals surface area contributed by atoms with Gasteiger partial charge in [0.1, 0.15) is 6.04 Å². The molecule has 0 spiro atoms. The number of hydrogen-bond acceptors (Lipinski definition) is 4. The SMILES string of the molecule is COC(=O)C(N)C1(C)COC1. The molecule has 1 aliphatic rings. The Balaban J connectivity index is 2.52. The second-order valence-electron chi connectivity index (χ2n) is 3.15. The van der Waals surface area contributed by atoms with E-state index in [-0.39, 0.29) is 11.4 Å². The Hall–Kier alpha value is -0.610. The first-order valence-corrected chi connectivity index (χ1v) is 3.51. The molecule has 0 amide bonds. The highest BCUT2D eigenvalue weighted by Gasteiger charge is 2.43. The van der Waals surface area contributed by atoms with Gasteiger partial charge in [-0.25, -0.2) is 0 Å². The first kappa shape index (κ1) is 8.49. The fourth-order valence-corrected chi connectivity index (χ4v) is 1.02. The first-order valence-electron chi connectivity index (χ1n) is 3.51. The third-order valence-electron chi connectivity index (χ3n) is 2.07. The topological polar surface area (TPSA) is 61.5 Å². The maximum absolute atomic E-state index is 10.9. The molecule has 2 N–H and O–H groups in total. The first-order chi connectivity index (χ1) is 5.10. The van der Waals surface area contributed by atoms with Crippen LogP contribution in [0.25, 0.3) is 0 Å². The summed E-state index contributed by atoms with van der Waals surface area (Å²) in [6.45, 7) is 3.00. The van der Waals surface area contributed by atoms with E-state index in [2.05, 4.69) is 4.74 Å². The van der Waals surface area contributed by atoms with Gasteiger partial charge in [0, 0.05) is 5.41 Å². The van der Waals surface area contributed by atoms with E-state index < -0.39 is 6.04 Å². The minimum absolute atomic E-state index is 0.215. The lowest BCUT2D eigenvalue weighted by Gasteiger charge is -2.41. The van der Waals surface area contributed by atoms with Crippen molar-refractivity contribution < 1.29 is 14.3 Å². The van der Waals surface area contributed by atoms with Gasteiger partial charge in [-0.2, -0.15) is 0 Å².